The van der Waals surface area contributed by atoms with Crippen molar-refractivity contribution in [3.63, 3.8) is 0 Å². The second-order valence-corrected chi connectivity index (χ2v) is 10.9. The van der Waals surface area contributed by atoms with E-state index >= 15 is 0 Å². The van der Waals surface area contributed by atoms with Gasteiger partial charge in [-0.1, -0.05) is 0 Å². The predicted octanol–water partition coefficient (Wildman–Crippen LogP) is 4.05. The third-order valence-corrected chi connectivity index (χ3v) is 8.71. The number of ether oxygens (including phenoxy) is 1. The van der Waals surface area contributed by atoms with Crippen LogP contribution in [0.25, 0.3) is 33.5 Å². The van der Waals surface area contributed by atoms with Crippen LogP contribution in [0.2, 0.25) is 0 Å². The van der Waals surface area contributed by atoms with Crippen LogP contribution in [-0.4, -0.2) is 50.7 Å². The average Bonchev–Trinajstić information content (AvgIpc) is 3.32. The van der Waals surface area contributed by atoms with Gasteiger partial charge in [-0.25, -0.2) is 4.98 Å². The van der Waals surface area contributed by atoms with Gasteiger partial charge < -0.3 is 24.5 Å². The lowest BCUT2D eigenvalue weighted by atomic mass is 10.1. The minimum absolute atomic E-state index is 0.00179. The highest BCUT2D eigenvalue weighted by molar-refractivity contribution is 6.00. The molecule has 2 N–H and O–H groups in total. The van der Waals surface area contributed by atoms with Crippen molar-refractivity contribution in [2.75, 3.05) is 13.7 Å². The molecule has 1 saturated heterocycles. The molecule has 37 heavy (non-hydrogen) atoms. The molecule has 8 heteroatoms. The molecule has 2 aromatic carbocycles. The summed E-state index contributed by atoms with van der Waals surface area (Å²) in [7, 11) is 3.63. The van der Waals surface area contributed by atoms with E-state index in [0.717, 1.165) is 59.4 Å². The van der Waals surface area contributed by atoms with Crippen molar-refractivity contribution in [2.24, 2.45) is 24.6 Å². The number of piperidine rings is 1. The maximum absolute atomic E-state index is 13.6. The largest absolute Gasteiger partial charge is 0.494 e. The fourth-order valence-corrected chi connectivity index (χ4v) is 6.55. The quantitative estimate of drug-likeness (QED) is 0.451. The van der Waals surface area contributed by atoms with Crippen molar-refractivity contribution in [2.45, 2.75) is 44.3 Å². The molecule has 2 aliphatic carbocycles. The Morgan fingerprint density at radius 2 is 2.03 bits per heavy atom. The topological polar surface area (TPSA) is 102 Å². The first-order chi connectivity index (χ1) is 18.0. The second kappa shape index (κ2) is 8.09. The number of nitrogens with zero attached hydrogens (tertiary/aromatic N) is 5. The van der Waals surface area contributed by atoms with Gasteiger partial charge in [0.25, 0.3) is 5.91 Å². The van der Waals surface area contributed by atoms with Crippen molar-refractivity contribution >= 4 is 27.8 Å². The number of aryl methyl sites for hydroxylation is 1. The highest BCUT2D eigenvalue weighted by Crippen LogP contribution is 2.40. The molecule has 7 rings (SSSR count). The summed E-state index contributed by atoms with van der Waals surface area (Å²) in [6, 6.07) is 14.2. The molecule has 3 atom stereocenters. The summed E-state index contributed by atoms with van der Waals surface area (Å²) in [5, 5.41) is 10.4. The first-order valence-electron chi connectivity index (χ1n) is 13.1. The van der Waals surface area contributed by atoms with E-state index in [4.69, 9.17) is 15.5 Å². The van der Waals surface area contributed by atoms with Gasteiger partial charge in [0.2, 0.25) is 0 Å². The number of methoxy groups -OCH3 is 1. The average molecular weight is 495 g/mol. The molecule has 2 bridgehead atoms. The fraction of sp³-hybridized carbons (Fsp3) is 0.414. The highest BCUT2D eigenvalue weighted by Gasteiger charge is 2.47. The molecule has 2 aromatic heterocycles. The van der Waals surface area contributed by atoms with Crippen LogP contribution in [0.3, 0.4) is 0 Å². The molecule has 188 valence electrons. The maximum atomic E-state index is 13.6. The zero-order valence-corrected chi connectivity index (χ0v) is 21.1. The monoisotopic (exact) mass is 494 g/mol. The van der Waals surface area contributed by atoms with Crippen LogP contribution in [0.4, 0.5) is 0 Å². The minimum Gasteiger partial charge on any atom is -0.494 e. The van der Waals surface area contributed by atoms with Gasteiger partial charge >= 0.3 is 0 Å². The van der Waals surface area contributed by atoms with Crippen molar-refractivity contribution in [3.8, 4) is 23.3 Å². The van der Waals surface area contributed by atoms with Gasteiger partial charge in [-0.05, 0) is 73.9 Å². The second-order valence-electron chi connectivity index (χ2n) is 10.9. The molecule has 1 unspecified atom stereocenters. The number of likely N-dealkylation sites (tertiary alicyclic amines) is 1. The summed E-state index contributed by atoms with van der Waals surface area (Å²) in [5.41, 5.74) is 11.3. The van der Waals surface area contributed by atoms with Crippen LogP contribution in [0.5, 0.6) is 5.75 Å². The molecule has 3 fully saturated rings. The zero-order valence-electron chi connectivity index (χ0n) is 21.1. The molecule has 0 radical (unpaired) electrons. The summed E-state index contributed by atoms with van der Waals surface area (Å²) < 4.78 is 10.2. The summed E-state index contributed by atoms with van der Waals surface area (Å²) in [5.74, 6) is 2.52. The van der Waals surface area contributed by atoms with Gasteiger partial charge in [-0.2, -0.15) is 5.26 Å². The Morgan fingerprint density at radius 1 is 1.19 bits per heavy atom. The van der Waals surface area contributed by atoms with Gasteiger partial charge in [-0.3, -0.25) is 4.79 Å². The standard InChI is InChI=1S/C29H30N6O2/c1-33-27-21(10-20(12-25(27)37-2)29(36)35-15-18-6-8-23(35)26(18)31)32-28(33)24-11-19-9-17(13-30)5-7-22(19)34(24)14-16-3-4-16/h5,7,9-12,16,18,23,26H,3-4,6,8,14-15,31H2,1-2H3/t18-,23+,26?/m1/s1. The Kier molecular flexibility index (Phi) is 4.89. The van der Waals surface area contributed by atoms with Crippen molar-refractivity contribution in [1.29, 1.82) is 5.26 Å². The van der Waals surface area contributed by atoms with Gasteiger partial charge in [0.1, 0.15) is 11.3 Å². The Morgan fingerprint density at radius 3 is 2.70 bits per heavy atom. The summed E-state index contributed by atoms with van der Waals surface area (Å²) >= 11 is 0. The number of rotatable bonds is 5. The number of benzene rings is 2. The number of nitrogens with two attached hydrogens (primary N) is 1. The Bertz CT molecular complexity index is 1620. The Balaban J connectivity index is 1.35. The molecule has 3 aliphatic rings. The number of hydrogen-bond donors (Lipinski definition) is 1. The lowest BCUT2D eigenvalue weighted by molar-refractivity contribution is 0.0700. The molecule has 3 heterocycles. The number of amides is 1. The van der Waals surface area contributed by atoms with E-state index in [1.54, 1.807) is 7.11 Å². The lowest BCUT2D eigenvalue weighted by Gasteiger charge is -2.27. The third kappa shape index (κ3) is 3.37. The summed E-state index contributed by atoms with van der Waals surface area (Å²) in [4.78, 5) is 20.6. The molecular formula is C29H30N6O2. The predicted molar refractivity (Wildman–Crippen MR) is 141 cm³/mol. The van der Waals surface area contributed by atoms with Crippen molar-refractivity contribution in [3.05, 3.63) is 47.5 Å². The van der Waals surface area contributed by atoms with Crippen LogP contribution in [0, 0.1) is 23.2 Å². The van der Waals surface area contributed by atoms with E-state index in [0.29, 0.717) is 28.7 Å². The zero-order chi connectivity index (χ0) is 25.4. The van der Waals surface area contributed by atoms with Crippen LogP contribution in [0.1, 0.15) is 41.6 Å². The van der Waals surface area contributed by atoms with Gasteiger partial charge in [0.15, 0.2) is 5.82 Å². The minimum atomic E-state index is 0.00179. The van der Waals surface area contributed by atoms with Crippen molar-refractivity contribution in [1.82, 2.24) is 19.0 Å². The molecule has 2 saturated carbocycles. The molecule has 1 amide bonds. The first-order valence-corrected chi connectivity index (χ1v) is 13.1. The molecular weight excluding hydrogens is 464 g/mol. The number of nitriles is 1. The van der Waals surface area contributed by atoms with Crippen molar-refractivity contribution < 1.29 is 9.53 Å². The number of carbonyl (C=O) groups excluding carboxylic acids is 1. The van der Waals surface area contributed by atoms with E-state index in [1.165, 1.54) is 12.8 Å². The van der Waals surface area contributed by atoms with E-state index in [2.05, 4.69) is 21.3 Å². The van der Waals surface area contributed by atoms with E-state index in [1.807, 2.05) is 42.3 Å². The number of fused-ring (bicyclic) bond motifs is 4. The van der Waals surface area contributed by atoms with Crippen LogP contribution < -0.4 is 10.5 Å². The number of carbonyl (C=O) groups is 1. The van der Waals surface area contributed by atoms with Gasteiger partial charge in [-0.15, -0.1) is 0 Å². The smallest absolute Gasteiger partial charge is 0.254 e. The number of hydrogen-bond acceptors (Lipinski definition) is 5. The number of aromatic nitrogens is 3. The Labute approximate surface area is 215 Å². The molecule has 8 nitrogen and oxygen atoms in total. The van der Waals surface area contributed by atoms with Crippen LogP contribution >= 0.6 is 0 Å². The highest BCUT2D eigenvalue weighted by atomic mass is 16.5. The molecule has 0 spiro atoms. The molecule has 1 aliphatic heterocycles. The van der Waals surface area contributed by atoms with Crippen LogP contribution in [-0.2, 0) is 13.6 Å². The van der Waals surface area contributed by atoms with Gasteiger partial charge in [0, 0.05) is 48.7 Å². The summed E-state index contributed by atoms with van der Waals surface area (Å²) in [6.45, 7) is 1.65. The first kappa shape index (κ1) is 22.4. The van der Waals surface area contributed by atoms with E-state index in [9.17, 15) is 10.1 Å². The van der Waals surface area contributed by atoms with E-state index < -0.39 is 0 Å². The SMILES string of the molecule is COc1cc(C(=O)N2C[C@H]3CC[C@H]2C3N)cc2nc(-c3cc4cc(C#N)ccc4n3CC3CC3)n(C)c12. The summed E-state index contributed by atoms with van der Waals surface area (Å²) in [6.07, 6.45) is 4.55. The van der Waals surface area contributed by atoms with Gasteiger partial charge in [0.05, 0.1) is 30.0 Å². The third-order valence-electron chi connectivity index (χ3n) is 8.71. The van der Waals surface area contributed by atoms with Crippen LogP contribution in [0.15, 0.2) is 36.4 Å². The van der Waals surface area contributed by atoms with E-state index in [-0.39, 0.29) is 18.0 Å². The molecule has 4 aromatic rings. The normalized spacial score (nSPS) is 22.8. The Hall–Kier alpha value is -3.83. The number of imidazole rings is 1. The maximum Gasteiger partial charge on any atom is 0.254 e. The fourth-order valence-electron chi connectivity index (χ4n) is 6.55. The lowest BCUT2D eigenvalue weighted by Crippen LogP contribution is -2.41.